The van der Waals surface area contributed by atoms with Gasteiger partial charge in [-0.15, -0.1) is 0 Å². The van der Waals surface area contributed by atoms with Gasteiger partial charge in [0, 0.05) is 18.4 Å². The summed E-state index contributed by atoms with van der Waals surface area (Å²) in [6.45, 7) is 6.78. The van der Waals surface area contributed by atoms with Gasteiger partial charge in [-0.05, 0) is 12.8 Å². The van der Waals surface area contributed by atoms with Crippen molar-refractivity contribution in [2.75, 3.05) is 6.61 Å². The van der Waals surface area contributed by atoms with Crippen molar-refractivity contribution in [3.05, 3.63) is 11.3 Å². The van der Waals surface area contributed by atoms with Crippen LogP contribution < -0.4 is 0 Å². The summed E-state index contributed by atoms with van der Waals surface area (Å²) in [7, 11) is 0. The average Bonchev–Trinajstić information content (AvgIpc) is 2.30. The van der Waals surface area contributed by atoms with Gasteiger partial charge in [0.1, 0.15) is 5.76 Å². The molecule has 0 bridgehead atoms. The van der Waals surface area contributed by atoms with Crippen molar-refractivity contribution in [3.8, 4) is 0 Å². The molecule has 68 valence electrons. The summed E-state index contributed by atoms with van der Waals surface area (Å²) < 4.78 is 5.51. The molecule has 2 heteroatoms. The highest BCUT2D eigenvalue weighted by Crippen LogP contribution is 2.23. The highest BCUT2D eigenvalue weighted by molar-refractivity contribution is 5.97. The zero-order valence-corrected chi connectivity index (χ0v) is 8.02. The second-order valence-electron chi connectivity index (χ2n) is 3.68. The number of hydrogen-bond acceptors (Lipinski definition) is 2. The first-order chi connectivity index (χ1) is 5.61. The molecule has 0 radical (unpaired) electrons. The Morgan fingerprint density at radius 3 is 2.50 bits per heavy atom. The van der Waals surface area contributed by atoms with Gasteiger partial charge in [-0.2, -0.15) is 0 Å². The third kappa shape index (κ3) is 2.10. The van der Waals surface area contributed by atoms with E-state index in [1.807, 2.05) is 6.92 Å². The Balaban J connectivity index is 2.47. The van der Waals surface area contributed by atoms with E-state index in [0.29, 0.717) is 12.3 Å². The van der Waals surface area contributed by atoms with Gasteiger partial charge in [-0.3, -0.25) is 4.79 Å². The topological polar surface area (TPSA) is 26.3 Å². The highest BCUT2D eigenvalue weighted by Gasteiger charge is 2.20. The van der Waals surface area contributed by atoms with E-state index in [1.165, 1.54) is 0 Å². The number of carbonyl (C=O) groups excluding carboxylic acids is 1. The average molecular weight is 168 g/mol. The SMILES string of the molecule is CC1=C(OCC(C)C)CCC1=O. The fraction of sp³-hybridized carbons (Fsp3) is 0.700. The number of carbonyl (C=O) groups is 1. The molecule has 12 heavy (non-hydrogen) atoms. The molecular formula is C10H16O2. The van der Waals surface area contributed by atoms with Crippen molar-refractivity contribution in [2.24, 2.45) is 5.92 Å². The Morgan fingerprint density at radius 2 is 2.08 bits per heavy atom. The number of allylic oxidation sites excluding steroid dienone is 2. The van der Waals surface area contributed by atoms with E-state index < -0.39 is 0 Å². The Bertz CT molecular complexity index is 214. The number of ether oxygens (including phenoxy) is 1. The number of ketones is 1. The van der Waals surface area contributed by atoms with Gasteiger partial charge < -0.3 is 4.74 Å². The molecule has 0 spiro atoms. The standard InChI is InChI=1S/C10H16O2/c1-7(2)6-12-10-5-4-9(11)8(10)3/h7H,4-6H2,1-3H3. The van der Waals surface area contributed by atoms with Crippen LogP contribution in [0.1, 0.15) is 33.6 Å². The first-order valence-electron chi connectivity index (χ1n) is 4.47. The molecule has 0 atom stereocenters. The van der Waals surface area contributed by atoms with Crippen LogP contribution in [0.3, 0.4) is 0 Å². The van der Waals surface area contributed by atoms with E-state index in [4.69, 9.17) is 4.74 Å². The fourth-order valence-electron chi connectivity index (χ4n) is 1.21. The molecule has 0 heterocycles. The fourth-order valence-corrected chi connectivity index (χ4v) is 1.21. The van der Waals surface area contributed by atoms with Crippen LogP contribution in [0.25, 0.3) is 0 Å². The number of hydrogen-bond donors (Lipinski definition) is 0. The predicted molar refractivity (Wildman–Crippen MR) is 47.7 cm³/mol. The molecule has 0 aromatic rings. The van der Waals surface area contributed by atoms with Gasteiger partial charge in [0.25, 0.3) is 0 Å². The molecule has 0 aliphatic heterocycles. The van der Waals surface area contributed by atoms with E-state index in [2.05, 4.69) is 13.8 Å². The molecule has 0 N–H and O–H groups in total. The second-order valence-corrected chi connectivity index (χ2v) is 3.68. The second kappa shape index (κ2) is 3.74. The molecule has 0 fully saturated rings. The van der Waals surface area contributed by atoms with Crippen molar-refractivity contribution < 1.29 is 9.53 Å². The zero-order valence-electron chi connectivity index (χ0n) is 8.02. The lowest BCUT2D eigenvalue weighted by atomic mass is 10.2. The normalized spacial score (nSPS) is 17.8. The molecule has 0 saturated heterocycles. The number of rotatable bonds is 3. The summed E-state index contributed by atoms with van der Waals surface area (Å²) in [6, 6.07) is 0. The lowest BCUT2D eigenvalue weighted by Gasteiger charge is -2.09. The molecule has 0 amide bonds. The monoisotopic (exact) mass is 168 g/mol. The summed E-state index contributed by atoms with van der Waals surface area (Å²) in [5.41, 5.74) is 0.829. The molecule has 0 unspecified atom stereocenters. The molecule has 2 nitrogen and oxygen atoms in total. The van der Waals surface area contributed by atoms with E-state index >= 15 is 0 Å². The smallest absolute Gasteiger partial charge is 0.162 e. The maximum atomic E-state index is 11.1. The van der Waals surface area contributed by atoms with E-state index in [9.17, 15) is 4.79 Å². The Hall–Kier alpha value is -0.790. The quantitative estimate of drug-likeness (QED) is 0.646. The van der Waals surface area contributed by atoms with Gasteiger partial charge >= 0.3 is 0 Å². The molecule has 1 aliphatic carbocycles. The van der Waals surface area contributed by atoms with Crippen LogP contribution in [0, 0.1) is 5.92 Å². The lowest BCUT2D eigenvalue weighted by Crippen LogP contribution is -2.01. The maximum absolute atomic E-state index is 11.1. The Morgan fingerprint density at radius 1 is 1.42 bits per heavy atom. The molecular weight excluding hydrogens is 152 g/mol. The van der Waals surface area contributed by atoms with Crippen molar-refractivity contribution in [1.82, 2.24) is 0 Å². The molecule has 0 aromatic heterocycles. The van der Waals surface area contributed by atoms with Crippen LogP contribution >= 0.6 is 0 Å². The highest BCUT2D eigenvalue weighted by atomic mass is 16.5. The van der Waals surface area contributed by atoms with Crippen LogP contribution in [0.5, 0.6) is 0 Å². The summed E-state index contributed by atoms with van der Waals surface area (Å²) >= 11 is 0. The number of Topliss-reactive ketones (excluding diaryl/α,β-unsaturated/α-hetero) is 1. The minimum Gasteiger partial charge on any atom is -0.497 e. The van der Waals surface area contributed by atoms with Crippen molar-refractivity contribution in [3.63, 3.8) is 0 Å². The third-order valence-corrected chi connectivity index (χ3v) is 2.01. The minimum absolute atomic E-state index is 0.244. The summed E-state index contributed by atoms with van der Waals surface area (Å²) in [6.07, 6.45) is 1.44. The van der Waals surface area contributed by atoms with Crippen LogP contribution in [0.15, 0.2) is 11.3 Å². The summed E-state index contributed by atoms with van der Waals surface area (Å²) in [5.74, 6) is 1.68. The Kier molecular flexibility index (Phi) is 2.90. The van der Waals surface area contributed by atoms with Crippen molar-refractivity contribution in [2.45, 2.75) is 33.6 Å². The van der Waals surface area contributed by atoms with Crippen molar-refractivity contribution >= 4 is 5.78 Å². The van der Waals surface area contributed by atoms with Crippen LogP contribution in [0.4, 0.5) is 0 Å². The van der Waals surface area contributed by atoms with Crippen molar-refractivity contribution in [1.29, 1.82) is 0 Å². The summed E-state index contributed by atoms with van der Waals surface area (Å²) in [4.78, 5) is 11.1. The van der Waals surface area contributed by atoms with Gasteiger partial charge in [0.05, 0.1) is 6.61 Å². The lowest BCUT2D eigenvalue weighted by molar-refractivity contribution is -0.114. The van der Waals surface area contributed by atoms with E-state index in [1.54, 1.807) is 0 Å². The molecule has 1 rings (SSSR count). The largest absolute Gasteiger partial charge is 0.497 e. The molecule has 0 saturated carbocycles. The van der Waals surface area contributed by atoms with E-state index in [-0.39, 0.29) is 5.78 Å². The van der Waals surface area contributed by atoms with E-state index in [0.717, 1.165) is 24.4 Å². The van der Waals surface area contributed by atoms with Gasteiger partial charge in [0.2, 0.25) is 0 Å². The maximum Gasteiger partial charge on any atom is 0.162 e. The third-order valence-electron chi connectivity index (χ3n) is 2.01. The van der Waals surface area contributed by atoms with Crippen LogP contribution in [-0.2, 0) is 9.53 Å². The van der Waals surface area contributed by atoms with Gasteiger partial charge in [-0.1, -0.05) is 13.8 Å². The zero-order chi connectivity index (χ0) is 9.14. The van der Waals surface area contributed by atoms with Gasteiger partial charge in [0.15, 0.2) is 5.78 Å². The summed E-state index contributed by atoms with van der Waals surface area (Å²) in [5, 5.41) is 0. The first kappa shape index (κ1) is 9.30. The van der Waals surface area contributed by atoms with Gasteiger partial charge in [-0.25, -0.2) is 0 Å². The van der Waals surface area contributed by atoms with Crippen LogP contribution in [0.2, 0.25) is 0 Å². The first-order valence-corrected chi connectivity index (χ1v) is 4.47. The van der Waals surface area contributed by atoms with Crippen LogP contribution in [-0.4, -0.2) is 12.4 Å². The minimum atomic E-state index is 0.244. The molecule has 0 aromatic carbocycles. The molecule has 1 aliphatic rings. The predicted octanol–water partition coefficient (Wildman–Crippen LogP) is 2.30. The Labute approximate surface area is 73.6 Å².